The Balaban J connectivity index is 3.06. The standard InChI is InChI=1S/C16H19NO3/c1-4-20-16(19)14(15(18)10-11-17(2)3)12-13-8-6-5-7-9-13/h5-12H,4H2,1-3H3/b11-10+,14-12?. The summed E-state index contributed by atoms with van der Waals surface area (Å²) in [5.41, 5.74) is 0.804. The highest BCUT2D eigenvalue weighted by Gasteiger charge is 2.17. The van der Waals surface area contributed by atoms with Gasteiger partial charge in [0.2, 0.25) is 0 Å². The van der Waals surface area contributed by atoms with Crippen LogP contribution in [-0.4, -0.2) is 37.4 Å². The fraction of sp³-hybridized carbons (Fsp3) is 0.250. The zero-order chi connectivity index (χ0) is 15.0. The first-order valence-electron chi connectivity index (χ1n) is 6.37. The molecule has 0 amide bonds. The average molecular weight is 273 g/mol. The first-order chi connectivity index (χ1) is 9.54. The van der Waals surface area contributed by atoms with Crippen LogP contribution in [0.1, 0.15) is 12.5 Å². The van der Waals surface area contributed by atoms with Crippen molar-refractivity contribution in [2.75, 3.05) is 20.7 Å². The van der Waals surface area contributed by atoms with Crippen LogP contribution in [0.2, 0.25) is 0 Å². The van der Waals surface area contributed by atoms with Gasteiger partial charge in [-0.2, -0.15) is 0 Å². The summed E-state index contributed by atoms with van der Waals surface area (Å²) in [5, 5.41) is 0. The number of rotatable bonds is 6. The lowest BCUT2D eigenvalue weighted by molar-refractivity contribution is -0.139. The van der Waals surface area contributed by atoms with E-state index in [1.807, 2.05) is 30.3 Å². The summed E-state index contributed by atoms with van der Waals surface area (Å²) in [7, 11) is 3.60. The molecule has 0 unspecified atom stereocenters. The third-order valence-electron chi connectivity index (χ3n) is 2.40. The second kappa shape index (κ2) is 7.94. The number of ether oxygens (including phenoxy) is 1. The first-order valence-corrected chi connectivity index (χ1v) is 6.37. The topological polar surface area (TPSA) is 46.6 Å². The Kier molecular flexibility index (Phi) is 6.23. The molecule has 0 aliphatic carbocycles. The van der Waals surface area contributed by atoms with Crippen LogP contribution in [0.25, 0.3) is 6.08 Å². The summed E-state index contributed by atoms with van der Waals surface area (Å²) in [6.07, 6.45) is 4.49. The molecule has 0 radical (unpaired) electrons. The van der Waals surface area contributed by atoms with Crippen molar-refractivity contribution >= 4 is 17.8 Å². The highest BCUT2D eigenvalue weighted by atomic mass is 16.5. The summed E-state index contributed by atoms with van der Waals surface area (Å²) in [5.74, 6) is -0.981. The van der Waals surface area contributed by atoms with Crippen molar-refractivity contribution in [3.63, 3.8) is 0 Å². The number of carbonyl (C=O) groups is 2. The normalized spacial score (nSPS) is 11.4. The van der Waals surface area contributed by atoms with Crippen molar-refractivity contribution in [2.24, 2.45) is 0 Å². The smallest absolute Gasteiger partial charge is 0.342 e. The average Bonchev–Trinajstić information content (AvgIpc) is 2.43. The fourth-order valence-corrected chi connectivity index (χ4v) is 1.46. The number of nitrogens with zero attached hydrogens (tertiary/aromatic N) is 1. The van der Waals surface area contributed by atoms with Gasteiger partial charge in [0.05, 0.1) is 6.61 Å². The Morgan fingerprint density at radius 3 is 2.40 bits per heavy atom. The van der Waals surface area contributed by atoms with Crippen molar-refractivity contribution < 1.29 is 14.3 Å². The van der Waals surface area contributed by atoms with Gasteiger partial charge in [-0.15, -0.1) is 0 Å². The zero-order valence-electron chi connectivity index (χ0n) is 12.0. The molecule has 20 heavy (non-hydrogen) atoms. The molecule has 0 saturated heterocycles. The van der Waals surface area contributed by atoms with Crippen molar-refractivity contribution in [2.45, 2.75) is 6.92 Å². The Morgan fingerprint density at radius 1 is 1.20 bits per heavy atom. The monoisotopic (exact) mass is 273 g/mol. The van der Waals surface area contributed by atoms with Crippen molar-refractivity contribution in [1.29, 1.82) is 0 Å². The summed E-state index contributed by atoms with van der Waals surface area (Å²) in [6.45, 7) is 1.94. The third-order valence-corrected chi connectivity index (χ3v) is 2.40. The largest absolute Gasteiger partial charge is 0.462 e. The Morgan fingerprint density at radius 2 is 1.85 bits per heavy atom. The first kappa shape index (κ1) is 15.7. The van der Waals surface area contributed by atoms with E-state index < -0.39 is 5.97 Å². The summed E-state index contributed by atoms with van der Waals surface area (Å²) in [6, 6.07) is 9.20. The van der Waals surface area contributed by atoms with Gasteiger partial charge in [-0.25, -0.2) is 4.79 Å². The summed E-state index contributed by atoms with van der Waals surface area (Å²) < 4.78 is 4.93. The fourth-order valence-electron chi connectivity index (χ4n) is 1.46. The minimum Gasteiger partial charge on any atom is -0.462 e. The van der Waals surface area contributed by atoms with Gasteiger partial charge in [-0.3, -0.25) is 4.79 Å². The molecule has 0 atom stereocenters. The van der Waals surface area contributed by atoms with Gasteiger partial charge in [0.25, 0.3) is 0 Å². The lowest BCUT2D eigenvalue weighted by atomic mass is 10.1. The predicted octanol–water partition coefficient (Wildman–Crippen LogP) is 2.28. The second-order valence-corrected chi connectivity index (χ2v) is 4.33. The van der Waals surface area contributed by atoms with Crippen LogP contribution in [0.4, 0.5) is 0 Å². The van der Waals surface area contributed by atoms with Crippen molar-refractivity contribution in [3.8, 4) is 0 Å². The van der Waals surface area contributed by atoms with Crippen LogP contribution in [0.3, 0.4) is 0 Å². The molecule has 0 spiro atoms. The Hall–Kier alpha value is -2.36. The lowest BCUT2D eigenvalue weighted by Gasteiger charge is -2.06. The van der Waals surface area contributed by atoms with E-state index in [2.05, 4.69) is 0 Å². The van der Waals surface area contributed by atoms with E-state index in [4.69, 9.17) is 4.74 Å². The predicted molar refractivity (Wildman–Crippen MR) is 78.9 cm³/mol. The van der Waals surface area contributed by atoms with Crippen molar-refractivity contribution in [1.82, 2.24) is 4.90 Å². The summed E-state index contributed by atoms with van der Waals surface area (Å²) in [4.78, 5) is 25.7. The quantitative estimate of drug-likeness (QED) is 0.345. The van der Waals surface area contributed by atoms with E-state index in [9.17, 15) is 9.59 Å². The van der Waals surface area contributed by atoms with E-state index in [1.165, 1.54) is 6.08 Å². The number of hydrogen-bond acceptors (Lipinski definition) is 4. The Bertz CT molecular complexity index is 516. The number of hydrogen-bond donors (Lipinski definition) is 0. The maximum atomic E-state index is 12.1. The lowest BCUT2D eigenvalue weighted by Crippen LogP contribution is -2.15. The molecule has 4 heteroatoms. The Labute approximate surface area is 119 Å². The number of esters is 1. The van der Waals surface area contributed by atoms with Crippen LogP contribution in [0.15, 0.2) is 48.2 Å². The van der Waals surface area contributed by atoms with E-state index in [0.29, 0.717) is 0 Å². The molecule has 0 aliphatic rings. The molecule has 0 N–H and O–H groups in total. The maximum Gasteiger partial charge on any atom is 0.342 e. The minimum absolute atomic E-state index is 0.0242. The van der Waals surface area contributed by atoms with Crippen molar-refractivity contribution in [3.05, 3.63) is 53.7 Å². The van der Waals surface area contributed by atoms with Crippen LogP contribution in [-0.2, 0) is 14.3 Å². The van der Waals surface area contributed by atoms with Gasteiger partial charge < -0.3 is 9.64 Å². The number of carbonyl (C=O) groups excluding carboxylic acids is 2. The summed E-state index contributed by atoms with van der Waals surface area (Å²) >= 11 is 0. The van der Waals surface area contributed by atoms with Gasteiger partial charge >= 0.3 is 5.97 Å². The molecule has 0 heterocycles. The SMILES string of the molecule is CCOC(=O)C(=Cc1ccccc1)C(=O)/C=C/N(C)C. The van der Waals surface area contributed by atoms with Crippen LogP contribution < -0.4 is 0 Å². The molecule has 0 saturated carbocycles. The van der Waals surface area contributed by atoms with Crippen LogP contribution in [0, 0.1) is 0 Å². The van der Waals surface area contributed by atoms with E-state index in [-0.39, 0.29) is 18.0 Å². The molecule has 4 nitrogen and oxygen atoms in total. The molecule has 1 rings (SSSR count). The van der Waals surface area contributed by atoms with Gasteiger partial charge in [-0.1, -0.05) is 30.3 Å². The van der Waals surface area contributed by atoms with E-state index >= 15 is 0 Å². The molecular weight excluding hydrogens is 254 g/mol. The van der Waals surface area contributed by atoms with Gasteiger partial charge in [-0.05, 0) is 18.6 Å². The zero-order valence-corrected chi connectivity index (χ0v) is 12.0. The molecular formula is C16H19NO3. The highest BCUT2D eigenvalue weighted by Crippen LogP contribution is 2.10. The molecule has 106 valence electrons. The van der Waals surface area contributed by atoms with Gasteiger partial charge in [0, 0.05) is 26.4 Å². The molecule has 0 fully saturated rings. The van der Waals surface area contributed by atoms with E-state index in [1.54, 1.807) is 38.2 Å². The van der Waals surface area contributed by atoms with Gasteiger partial charge in [0.15, 0.2) is 5.78 Å². The molecule has 1 aromatic rings. The number of ketones is 1. The second-order valence-electron chi connectivity index (χ2n) is 4.33. The highest BCUT2D eigenvalue weighted by molar-refractivity contribution is 6.24. The molecule has 0 aliphatic heterocycles. The molecule has 1 aromatic carbocycles. The number of benzene rings is 1. The van der Waals surface area contributed by atoms with Gasteiger partial charge in [0.1, 0.15) is 5.57 Å². The van der Waals surface area contributed by atoms with E-state index in [0.717, 1.165) is 5.56 Å². The third kappa shape index (κ3) is 5.10. The number of allylic oxidation sites excluding steroid dienone is 1. The van der Waals surface area contributed by atoms with Crippen LogP contribution >= 0.6 is 0 Å². The molecule has 0 aromatic heterocycles. The molecule has 0 bridgehead atoms. The minimum atomic E-state index is -0.607. The maximum absolute atomic E-state index is 12.1. The van der Waals surface area contributed by atoms with Crippen LogP contribution in [0.5, 0.6) is 0 Å².